The summed E-state index contributed by atoms with van der Waals surface area (Å²) in [5, 5.41) is 8.79. The molecule has 1 heterocycles. The number of nitrogens with zero attached hydrogens (tertiary/aromatic N) is 1. The maximum absolute atomic E-state index is 11.5. The Morgan fingerprint density at radius 2 is 2.00 bits per heavy atom. The van der Waals surface area contributed by atoms with Crippen molar-refractivity contribution in [3.8, 4) is 0 Å². The van der Waals surface area contributed by atoms with Gasteiger partial charge in [-0.25, -0.2) is 18.2 Å². The number of nitrogens with one attached hydrogen (secondary N) is 1. The van der Waals surface area contributed by atoms with Crippen LogP contribution in [0.2, 0.25) is 0 Å². The predicted octanol–water partition coefficient (Wildman–Crippen LogP) is 1.41. The number of aromatic carboxylic acids is 1. The zero-order chi connectivity index (χ0) is 14.9. The van der Waals surface area contributed by atoms with Gasteiger partial charge in [-0.1, -0.05) is 24.3 Å². The molecule has 2 rings (SSSR count). The number of carboxylic acids is 1. The van der Waals surface area contributed by atoms with Crippen LogP contribution in [0.4, 0.5) is 0 Å². The van der Waals surface area contributed by atoms with Gasteiger partial charge in [-0.3, -0.25) is 0 Å². The third kappa shape index (κ3) is 2.88. The molecule has 6 nitrogen and oxygen atoms in total. The van der Waals surface area contributed by atoms with E-state index < -0.39 is 15.8 Å². The fourth-order valence-corrected chi connectivity index (χ4v) is 2.43. The molecule has 0 radical (unpaired) electrons. The average Bonchev–Trinajstić information content (AvgIpc) is 2.76. The lowest BCUT2D eigenvalue weighted by atomic mass is 10.0. The molecule has 0 unspecified atom stereocenters. The number of benzene rings is 1. The lowest BCUT2D eigenvalue weighted by molar-refractivity contribution is 0.0689. The van der Waals surface area contributed by atoms with Crippen LogP contribution in [0.1, 0.15) is 27.3 Å². The molecule has 2 aromatic rings. The molecule has 0 aliphatic carbocycles. The quantitative estimate of drug-likeness (QED) is 0.888. The summed E-state index contributed by atoms with van der Waals surface area (Å²) in [6.45, 7) is 1.91. The van der Waals surface area contributed by atoms with Crippen molar-refractivity contribution < 1.29 is 18.3 Å². The molecule has 0 aliphatic heterocycles. The lowest BCUT2D eigenvalue weighted by Crippen LogP contribution is -2.03. The SMILES string of the molecule is Cc1ccccc1Cc1[nH]c(S(C)(=O)=O)nc1C(=O)O. The molecule has 2 N–H and O–H groups in total. The summed E-state index contributed by atoms with van der Waals surface area (Å²) in [4.78, 5) is 17.4. The molecular formula is C13H14N2O4S. The van der Waals surface area contributed by atoms with Crippen molar-refractivity contribution in [1.29, 1.82) is 0 Å². The highest BCUT2D eigenvalue weighted by Crippen LogP contribution is 2.17. The van der Waals surface area contributed by atoms with Crippen LogP contribution in [0.15, 0.2) is 29.4 Å². The van der Waals surface area contributed by atoms with Gasteiger partial charge < -0.3 is 10.1 Å². The van der Waals surface area contributed by atoms with E-state index in [1.54, 1.807) is 0 Å². The van der Waals surface area contributed by atoms with Gasteiger partial charge in [0, 0.05) is 12.7 Å². The van der Waals surface area contributed by atoms with Crippen molar-refractivity contribution in [1.82, 2.24) is 9.97 Å². The fourth-order valence-electron chi connectivity index (χ4n) is 1.86. The minimum Gasteiger partial charge on any atom is -0.476 e. The monoisotopic (exact) mass is 294 g/mol. The third-order valence-corrected chi connectivity index (χ3v) is 3.84. The van der Waals surface area contributed by atoms with E-state index in [9.17, 15) is 13.2 Å². The van der Waals surface area contributed by atoms with Crippen molar-refractivity contribution in [3.05, 3.63) is 46.8 Å². The Balaban J connectivity index is 2.49. The summed E-state index contributed by atoms with van der Waals surface area (Å²) >= 11 is 0. The van der Waals surface area contributed by atoms with Gasteiger partial charge in [0.25, 0.3) is 0 Å². The molecular weight excluding hydrogens is 280 g/mol. The predicted molar refractivity (Wildman–Crippen MR) is 72.6 cm³/mol. The van der Waals surface area contributed by atoms with Crippen LogP contribution in [0.25, 0.3) is 0 Å². The second-order valence-electron chi connectivity index (χ2n) is 4.55. The zero-order valence-corrected chi connectivity index (χ0v) is 11.9. The highest BCUT2D eigenvalue weighted by Gasteiger charge is 2.21. The number of aromatic nitrogens is 2. The Morgan fingerprint density at radius 1 is 1.35 bits per heavy atom. The first kappa shape index (κ1) is 14.3. The molecule has 0 aliphatic rings. The van der Waals surface area contributed by atoms with Crippen molar-refractivity contribution >= 4 is 15.8 Å². The summed E-state index contributed by atoms with van der Waals surface area (Å²) in [6, 6.07) is 7.49. The molecule has 0 saturated heterocycles. The molecule has 7 heteroatoms. The lowest BCUT2D eigenvalue weighted by Gasteiger charge is -2.04. The average molecular weight is 294 g/mol. The summed E-state index contributed by atoms with van der Waals surface area (Å²) < 4.78 is 22.9. The van der Waals surface area contributed by atoms with Crippen molar-refractivity contribution in [3.63, 3.8) is 0 Å². The van der Waals surface area contributed by atoms with E-state index in [1.807, 2.05) is 31.2 Å². The van der Waals surface area contributed by atoms with Crippen LogP contribution < -0.4 is 0 Å². The van der Waals surface area contributed by atoms with Gasteiger partial charge >= 0.3 is 5.97 Å². The number of carboxylic acid groups (broad SMARTS) is 1. The Morgan fingerprint density at radius 3 is 2.55 bits per heavy atom. The van der Waals surface area contributed by atoms with E-state index in [1.165, 1.54) is 0 Å². The highest BCUT2D eigenvalue weighted by atomic mass is 32.2. The van der Waals surface area contributed by atoms with Gasteiger partial charge in [-0.05, 0) is 18.1 Å². The first-order chi connectivity index (χ1) is 9.29. The van der Waals surface area contributed by atoms with Crippen LogP contribution in [0.3, 0.4) is 0 Å². The summed E-state index contributed by atoms with van der Waals surface area (Å²) in [6.07, 6.45) is 1.27. The number of sulfone groups is 1. The summed E-state index contributed by atoms with van der Waals surface area (Å²) in [5.41, 5.74) is 1.94. The number of aryl methyl sites for hydroxylation is 1. The van der Waals surface area contributed by atoms with E-state index in [0.717, 1.165) is 17.4 Å². The van der Waals surface area contributed by atoms with Crippen molar-refractivity contribution in [2.24, 2.45) is 0 Å². The number of imidazole rings is 1. The van der Waals surface area contributed by atoms with E-state index in [-0.39, 0.29) is 23.0 Å². The van der Waals surface area contributed by atoms with Crippen LogP contribution in [-0.4, -0.2) is 35.7 Å². The van der Waals surface area contributed by atoms with E-state index in [2.05, 4.69) is 9.97 Å². The Kier molecular flexibility index (Phi) is 3.63. The Bertz CT molecular complexity index is 762. The van der Waals surface area contributed by atoms with Gasteiger partial charge in [0.1, 0.15) is 0 Å². The molecule has 20 heavy (non-hydrogen) atoms. The molecule has 106 valence electrons. The standard InChI is InChI=1S/C13H14N2O4S/c1-8-5-3-4-6-9(8)7-10-11(12(16)17)15-13(14-10)20(2,18)19/h3-6H,7H2,1-2H3,(H,14,15)(H,16,17). The van der Waals surface area contributed by atoms with E-state index in [0.29, 0.717) is 0 Å². The Labute approximate surface area is 116 Å². The van der Waals surface area contributed by atoms with Gasteiger partial charge in [-0.2, -0.15) is 0 Å². The molecule has 0 atom stereocenters. The van der Waals surface area contributed by atoms with Gasteiger partial charge in [0.15, 0.2) is 5.69 Å². The molecule has 1 aromatic heterocycles. The van der Waals surface area contributed by atoms with Crippen molar-refractivity contribution in [2.75, 3.05) is 6.26 Å². The van der Waals surface area contributed by atoms with Crippen LogP contribution >= 0.6 is 0 Å². The zero-order valence-electron chi connectivity index (χ0n) is 11.0. The highest BCUT2D eigenvalue weighted by molar-refractivity contribution is 7.90. The van der Waals surface area contributed by atoms with Gasteiger partial charge in [-0.15, -0.1) is 0 Å². The second kappa shape index (κ2) is 5.09. The molecule has 0 spiro atoms. The fraction of sp³-hybridized carbons (Fsp3) is 0.231. The first-order valence-electron chi connectivity index (χ1n) is 5.86. The number of carbonyl (C=O) groups is 1. The minimum absolute atomic E-state index is 0.256. The number of aromatic amines is 1. The van der Waals surface area contributed by atoms with Crippen LogP contribution in [0.5, 0.6) is 0 Å². The van der Waals surface area contributed by atoms with E-state index in [4.69, 9.17) is 5.11 Å². The largest absolute Gasteiger partial charge is 0.476 e. The van der Waals surface area contributed by atoms with Crippen LogP contribution in [0, 0.1) is 6.92 Å². The minimum atomic E-state index is -3.57. The Hall–Kier alpha value is -2.15. The summed E-state index contributed by atoms with van der Waals surface area (Å²) in [5.74, 6) is -1.25. The number of rotatable bonds is 4. The molecule has 0 amide bonds. The maximum atomic E-state index is 11.5. The molecule has 0 fully saturated rings. The smallest absolute Gasteiger partial charge is 0.356 e. The van der Waals surface area contributed by atoms with Crippen LogP contribution in [-0.2, 0) is 16.3 Å². The molecule has 1 aromatic carbocycles. The topological polar surface area (TPSA) is 100 Å². The normalized spacial score (nSPS) is 11.5. The third-order valence-electron chi connectivity index (χ3n) is 2.94. The van der Waals surface area contributed by atoms with Gasteiger partial charge in [0.05, 0.1) is 5.69 Å². The second-order valence-corrected chi connectivity index (χ2v) is 6.48. The number of hydrogen-bond donors (Lipinski definition) is 2. The van der Waals surface area contributed by atoms with Crippen molar-refractivity contribution in [2.45, 2.75) is 18.5 Å². The maximum Gasteiger partial charge on any atom is 0.356 e. The summed E-state index contributed by atoms with van der Waals surface area (Å²) in [7, 11) is -3.57. The van der Waals surface area contributed by atoms with E-state index >= 15 is 0 Å². The van der Waals surface area contributed by atoms with Gasteiger partial charge in [0.2, 0.25) is 15.0 Å². The molecule has 0 bridgehead atoms. The number of hydrogen-bond acceptors (Lipinski definition) is 4. The number of H-pyrrole nitrogens is 1. The molecule has 0 saturated carbocycles. The first-order valence-corrected chi connectivity index (χ1v) is 7.75.